The number of halogens is 3. The van der Waals surface area contributed by atoms with Crippen LogP contribution in [0, 0.1) is 5.92 Å². The van der Waals surface area contributed by atoms with Crippen LogP contribution in [0.4, 0.5) is 23.1 Å². The van der Waals surface area contributed by atoms with Gasteiger partial charge in [0, 0.05) is 24.0 Å². The Labute approximate surface area is 151 Å². The molecule has 0 radical (unpaired) electrons. The number of carboxylic acids is 1. The summed E-state index contributed by atoms with van der Waals surface area (Å²) in [7, 11) is 0. The van der Waals surface area contributed by atoms with E-state index < -0.39 is 23.9 Å². The van der Waals surface area contributed by atoms with Crippen molar-refractivity contribution in [1.29, 1.82) is 0 Å². The third-order valence-electron chi connectivity index (χ3n) is 4.51. The van der Waals surface area contributed by atoms with Crippen molar-refractivity contribution in [3.63, 3.8) is 0 Å². The van der Waals surface area contributed by atoms with Gasteiger partial charge in [-0.3, -0.25) is 15.0 Å². The molecule has 144 valence electrons. The molecular weight excluding hydrogens is 373 g/mol. The summed E-state index contributed by atoms with van der Waals surface area (Å²) in [5.74, 6) is -0.304. The van der Waals surface area contributed by atoms with E-state index in [2.05, 4.69) is 15.6 Å². The van der Waals surface area contributed by atoms with Crippen molar-refractivity contribution < 1.29 is 27.9 Å². The lowest BCUT2D eigenvalue weighted by Gasteiger charge is -2.42. The van der Waals surface area contributed by atoms with Crippen LogP contribution < -0.4 is 10.6 Å². The van der Waals surface area contributed by atoms with Crippen molar-refractivity contribution in [2.45, 2.75) is 43.9 Å². The van der Waals surface area contributed by atoms with E-state index in [1.807, 2.05) is 4.90 Å². The van der Waals surface area contributed by atoms with E-state index in [0.717, 1.165) is 24.8 Å². The summed E-state index contributed by atoms with van der Waals surface area (Å²) in [5, 5.41) is 14.7. The van der Waals surface area contributed by atoms with Gasteiger partial charge in [0.2, 0.25) is 0 Å². The number of alkyl halides is 3. The van der Waals surface area contributed by atoms with Crippen LogP contribution in [0.1, 0.15) is 31.4 Å². The molecule has 11 heteroatoms. The molecule has 0 unspecified atom stereocenters. The summed E-state index contributed by atoms with van der Waals surface area (Å²) < 4.78 is 37.5. The summed E-state index contributed by atoms with van der Waals surface area (Å²) in [4.78, 5) is 28.1. The maximum atomic E-state index is 12.5. The number of hydrogen-bond acceptors (Lipinski definition) is 5. The summed E-state index contributed by atoms with van der Waals surface area (Å²) in [5.41, 5.74) is -1.04. The lowest BCUT2D eigenvalue weighted by atomic mass is 9.85. The summed E-state index contributed by atoms with van der Waals surface area (Å²) in [6.45, 7) is 0.745. The fourth-order valence-electron chi connectivity index (χ4n) is 2.93. The molecule has 0 spiro atoms. The first-order chi connectivity index (χ1) is 12.2. The van der Waals surface area contributed by atoms with Gasteiger partial charge in [-0.15, -0.1) is 11.3 Å². The first kappa shape index (κ1) is 18.9. The highest BCUT2D eigenvalue weighted by Gasteiger charge is 2.38. The van der Waals surface area contributed by atoms with E-state index in [1.165, 1.54) is 0 Å². The molecule has 1 aromatic heterocycles. The van der Waals surface area contributed by atoms with Gasteiger partial charge in [-0.05, 0) is 31.6 Å². The van der Waals surface area contributed by atoms with Gasteiger partial charge in [0.05, 0.1) is 6.54 Å². The van der Waals surface area contributed by atoms with Crippen LogP contribution in [0.15, 0.2) is 5.38 Å². The predicted octanol–water partition coefficient (Wildman–Crippen LogP) is 2.61. The molecule has 2 fully saturated rings. The van der Waals surface area contributed by atoms with Crippen molar-refractivity contribution >= 4 is 28.5 Å². The molecule has 2 amide bonds. The molecule has 0 aliphatic heterocycles. The minimum Gasteiger partial charge on any atom is -0.480 e. The summed E-state index contributed by atoms with van der Waals surface area (Å²) in [6, 6.07) is -0.630. The topological polar surface area (TPSA) is 94.6 Å². The van der Waals surface area contributed by atoms with Crippen LogP contribution in [-0.2, 0) is 11.0 Å². The van der Waals surface area contributed by atoms with Crippen LogP contribution >= 0.6 is 11.3 Å². The smallest absolute Gasteiger partial charge is 0.434 e. The fourth-order valence-corrected chi connectivity index (χ4v) is 3.64. The average molecular weight is 392 g/mol. The van der Waals surface area contributed by atoms with E-state index in [1.54, 1.807) is 0 Å². The van der Waals surface area contributed by atoms with Gasteiger partial charge in [0.1, 0.15) is 0 Å². The van der Waals surface area contributed by atoms with Gasteiger partial charge in [0.15, 0.2) is 10.8 Å². The van der Waals surface area contributed by atoms with E-state index in [9.17, 15) is 22.8 Å². The largest absolute Gasteiger partial charge is 0.480 e. The first-order valence-corrected chi connectivity index (χ1v) is 9.14. The standard InChI is InChI=1S/C15H19F3N4O3S/c16-15(17,18)11-7-26-14(20-11)21-13(25)19-9-3-10(4-9)22(6-12(23)24)5-8-1-2-8/h7-10H,1-6H2,(H,23,24)(H2,19,20,21,25). The number of carboxylic acid groups (broad SMARTS) is 1. The molecule has 3 N–H and O–H groups in total. The lowest BCUT2D eigenvalue weighted by molar-refractivity contribution is -0.141. The number of thiazole rings is 1. The van der Waals surface area contributed by atoms with Gasteiger partial charge < -0.3 is 10.4 Å². The lowest BCUT2D eigenvalue weighted by Crippen LogP contribution is -2.55. The minimum absolute atomic E-state index is 0.0145. The van der Waals surface area contributed by atoms with E-state index in [4.69, 9.17) is 5.11 Å². The Morgan fingerprint density at radius 3 is 2.58 bits per heavy atom. The van der Waals surface area contributed by atoms with E-state index >= 15 is 0 Å². The highest BCUT2D eigenvalue weighted by atomic mass is 32.1. The number of aliphatic carboxylic acids is 1. The molecule has 2 aliphatic rings. The molecule has 0 aromatic carbocycles. The Morgan fingerprint density at radius 2 is 2.04 bits per heavy atom. The number of anilines is 1. The summed E-state index contributed by atoms with van der Waals surface area (Å²) >= 11 is 0.707. The highest BCUT2D eigenvalue weighted by molar-refractivity contribution is 7.13. The van der Waals surface area contributed by atoms with Crippen LogP contribution in [0.3, 0.4) is 0 Å². The van der Waals surface area contributed by atoms with Crippen molar-refractivity contribution in [3.05, 3.63) is 11.1 Å². The number of nitrogens with one attached hydrogen (secondary N) is 2. The molecule has 0 saturated heterocycles. The zero-order valence-corrected chi connectivity index (χ0v) is 14.6. The van der Waals surface area contributed by atoms with Gasteiger partial charge in [-0.1, -0.05) is 0 Å². The van der Waals surface area contributed by atoms with Gasteiger partial charge in [0.25, 0.3) is 0 Å². The monoisotopic (exact) mass is 392 g/mol. The van der Waals surface area contributed by atoms with Crippen molar-refractivity contribution in [2.24, 2.45) is 5.92 Å². The minimum atomic E-state index is -4.54. The Morgan fingerprint density at radius 1 is 1.35 bits per heavy atom. The first-order valence-electron chi connectivity index (χ1n) is 8.27. The number of hydrogen-bond donors (Lipinski definition) is 3. The SMILES string of the molecule is O=C(O)CN(CC1CC1)C1CC(NC(=O)Nc2nc(C(F)(F)F)cs2)C1. The van der Waals surface area contributed by atoms with E-state index in [-0.39, 0.29) is 23.8 Å². The number of urea groups is 1. The van der Waals surface area contributed by atoms with Crippen LogP contribution in [0.5, 0.6) is 0 Å². The number of carbonyl (C=O) groups excluding carboxylic acids is 1. The number of carbonyl (C=O) groups is 2. The van der Waals surface area contributed by atoms with Crippen LogP contribution in [-0.4, -0.2) is 52.2 Å². The van der Waals surface area contributed by atoms with Gasteiger partial charge >= 0.3 is 18.2 Å². The average Bonchev–Trinajstić information content (AvgIpc) is 3.15. The van der Waals surface area contributed by atoms with Crippen LogP contribution in [0.2, 0.25) is 0 Å². The maximum absolute atomic E-state index is 12.5. The van der Waals surface area contributed by atoms with Crippen molar-refractivity contribution in [3.8, 4) is 0 Å². The molecule has 2 aliphatic carbocycles. The molecule has 0 bridgehead atoms. The van der Waals surface area contributed by atoms with Crippen molar-refractivity contribution in [1.82, 2.24) is 15.2 Å². The van der Waals surface area contributed by atoms with Gasteiger partial charge in [-0.25, -0.2) is 9.78 Å². The highest BCUT2D eigenvalue weighted by Crippen LogP contribution is 2.34. The zero-order chi connectivity index (χ0) is 18.9. The van der Waals surface area contributed by atoms with Gasteiger partial charge in [-0.2, -0.15) is 13.2 Å². The quantitative estimate of drug-likeness (QED) is 0.663. The van der Waals surface area contributed by atoms with E-state index in [0.29, 0.717) is 30.1 Å². The normalized spacial score (nSPS) is 22.8. The Bertz CT molecular complexity index is 671. The molecule has 3 rings (SSSR count). The third kappa shape index (κ3) is 5.07. The third-order valence-corrected chi connectivity index (χ3v) is 5.27. The van der Waals surface area contributed by atoms with Crippen molar-refractivity contribution in [2.75, 3.05) is 18.4 Å². The summed E-state index contributed by atoms with van der Waals surface area (Å²) in [6.07, 6.45) is -1.04. The second kappa shape index (κ2) is 7.39. The maximum Gasteiger partial charge on any atom is 0.434 e. The second-order valence-corrected chi connectivity index (χ2v) is 7.58. The number of nitrogens with zero attached hydrogens (tertiary/aromatic N) is 2. The zero-order valence-electron chi connectivity index (χ0n) is 13.8. The number of aromatic nitrogens is 1. The van der Waals surface area contributed by atoms with Crippen LogP contribution in [0.25, 0.3) is 0 Å². The number of rotatable bonds is 7. The fraction of sp³-hybridized carbons (Fsp3) is 0.667. The molecule has 1 heterocycles. The molecule has 0 atom stereocenters. The Balaban J connectivity index is 1.43. The Kier molecular flexibility index (Phi) is 5.37. The molecule has 7 nitrogen and oxygen atoms in total. The molecule has 1 aromatic rings. The number of amides is 2. The molecule has 26 heavy (non-hydrogen) atoms. The Hall–Kier alpha value is -1.88. The predicted molar refractivity (Wildman–Crippen MR) is 88.0 cm³/mol. The second-order valence-electron chi connectivity index (χ2n) is 6.72. The molecule has 2 saturated carbocycles. The molecular formula is C15H19F3N4O3S.